The zero-order valence-electron chi connectivity index (χ0n) is 10.7. The minimum Gasteiger partial charge on any atom is -0.458 e. The number of ether oxygens (including phenoxy) is 1. The van der Waals surface area contributed by atoms with Gasteiger partial charge in [-0.05, 0) is 19.1 Å². The summed E-state index contributed by atoms with van der Waals surface area (Å²) in [5.74, 6) is -2.53. The Morgan fingerprint density at radius 2 is 1.95 bits per heavy atom. The maximum absolute atomic E-state index is 11.8. The Labute approximate surface area is 114 Å². The first-order valence-electron chi connectivity index (χ1n) is 5.65. The molecular weight excluding hydrogens is 266 g/mol. The van der Waals surface area contributed by atoms with Crippen molar-refractivity contribution in [3.63, 3.8) is 0 Å². The normalized spacial score (nSPS) is 11.2. The number of hydrogen-bond acceptors (Lipinski definition) is 6. The first-order chi connectivity index (χ1) is 9.47. The molecule has 0 saturated heterocycles. The van der Waals surface area contributed by atoms with Crippen LogP contribution in [0.3, 0.4) is 0 Å². The predicted octanol–water partition coefficient (Wildman–Crippen LogP) is 0.384. The Hall–Kier alpha value is -2.90. The number of benzene rings is 1. The van der Waals surface area contributed by atoms with Crippen LogP contribution in [-0.2, 0) is 9.53 Å². The number of carbonyl (C=O) groups is 2. The summed E-state index contributed by atoms with van der Waals surface area (Å²) in [6.45, 7) is 1.45. The fraction of sp³-hybridized carbons (Fsp3) is 0.167. The van der Waals surface area contributed by atoms with Crippen LogP contribution >= 0.6 is 0 Å². The number of carbonyl (C=O) groups excluding carboxylic acids is 2. The van der Waals surface area contributed by atoms with Crippen molar-refractivity contribution in [1.82, 2.24) is 5.32 Å². The Bertz CT molecular complexity index is 553. The van der Waals surface area contributed by atoms with Crippen molar-refractivity contribution in [2.24, 2.45) is 5.73 Å². The fourth-order valence-corrected chi connectivity index (χ4v) is 1.33. The monoisotopic (exact) mass is 279 g/mol. The predicted molar refractivity (Wildman–Crippen MR) is 68.7 cm³/mol. The second kappa shape index (κ2) is 6.88. The third-order valence-corrected chi connectivity index (χ3v) is 2.19. The highest BCUT2D eigenvalue weighted by atomic mass is 16.6. The van der Waals surface area contributed by atoms with Crippen LogP contribution in [0.4, 0.5) is 0 Å². The van der Waals surface area contributed by atoms with Crippen LogP contribution in [0.25, 0.3) is 0 Å². The summed E-state index contributed by atoms with van der Waals surface area (Å²) in [7, 11) is 0. The molecule has 0 aliphatic rings. The van der Waals surface area contributed by atoms with Crippen LogP contribution in [-0.4, -0.2) is 23.4 Å². The Morgan fingerprint density at radius 1 is 1.35 bits per heavy atom. The number of esters is 1. The first kappa shape index (κ1) is 15.2. The van der Waals surface area contributed by atoms with Gasteiger partial charge in [0.15, 0.2) is 5.82 Å². The van der Waals surface area contributed by atoms with Crippen LogP contribution in [0.15, 0.2) is 41.8 Å². The Kier molecular flexibility index (Phi) is 5.21. The van der Waals surface area contributed by atoms with Crippen molar-refractivity contribution in [2.75, 3.05) is 6.61 Å². The molecule has 0 heterocycles. The maximum Gasteiger partial charge on any atom is 0.413 e. The van der Waals surface area contributed by atoms with Crippen LogP contribution < -0.4 is 11.1 Å². The van der Waals surface area contributed by atoms with Gasteiger partial charge in [-0.1, -0.05) is 18.2 Å². The smallest absolute Gasteiger partial charge is 0.413 e. The Balaban J connectivity index is 2.97. The number of hydrogen-bond donors (Lipinski definition) is 2. The van der Waals surface area contributed by atoms with Crippen LogP contribution in [0, 0.1) is 10.1 Å². The molecule has 1 aromatic rings. The summed E-state index contributed by atoms with van der Waals surface area (Å²) in [5, 5.41) is 12.9. The summed E-state index contributed by atoms with van der Waals surface area (Å²) in [5.41, 5.74) is 4.64. The van der Waals surface area contributed by atoms with E-state index in [4.69, 9.17) is 5.73 Å². The average Bonchev–Trinajstić information content (AvgIpc) is 2.39. The molecule has 0 saturated carbocycles. The second-order valence-electron chi connectivity index (χ2n) is 3.56. The molecule has 20 heavy (non-hydrogen) atoms. The highest BCUT2D eigenvalue weighted by Gasteiger charge is 2.29. The number of nitro groups is 1. The molecule has 3 N–H and O–H groups in total. The van der Waals surface area contributed by atoms with E-state index in [1.54, 1.807) is 18.2 Å². The molecular formula is C12H13N3O5. The molecule has 106 valence electrons. The zero-order chi connectivity index (χ0) is 15.1. The molecule has 8 heteroatoms. The molecule has 1 amide bonds. The Morgan fingerprint density at radius 3 is 2.45 bits per heavy atom. The van der Waals surface area contributed by atoms with E-state index in [0.717, 1.165) is 0 Å². The lowest BCUT2D eigenvalue weighted by Gasteiger charge is -2.06. The third-order valence-electron chi connectivity index (χ3n) is 2.19. The lowest BCUT2D eigenvalue weighted by Crippen LogP contribution is -2.33. The van der Waals surface area contributed by atoms with Crippen molar-refractivity contribution in [3.05, 3.63) is 57.5 Å². The molecule has 0 aliphatic heterocycles. The van der Waals surface area contributed by atoms with E-state index in [1.165, 1.54) is 19.1 Å². The molecule has 0 aliphatic carbocycles. The minimum absolute atomic E-state index is 0.0456. The zero-order valence-corrected chi connectivity index (χ0v) is 10.7. The molecule has 0 radical (unpaired) electrons. The number of nitrogens with zero attached hydrogens (tertiary/aromatic N) is 1. The largest absolute Gasteiger partial charge is 0.458 e. The number of rotatable bonds is 5. The van der Waals surface area contributed by atoms with Crippen LogP contribution in [0.1, 0.15) is 17.3 Å². The van der Waals surface area contributed by atoms with Gasteiger partial charge in [0, 0.05) is 5.56 Å². The topological polar surface area (TPSA) is 125 Å². The SMILES string of the molecule is CCOC(=O)/C(=C(\N)NC(=O)c1ccccc1)[N+](=O)[O-]. The maximum atomic E-state index is 11.8. The molecule has 1 aromatic carbocycles. The highest BCUT2D eigenvalue weighted by Crippen LogP contribution is 2.04. The van der Waals surface area contributed by atoms with E-state index in [9.17, 15) is 19.7 Å². The van der Waals surface area contributed by atoms with Gasteiger partial charge in [0.25, 0.3) is 5.91 Å². The molecule has 0 unspecified atom stereocenters. The van der Waals surface area contributed by atoms with E-state index < -0.39 is 28.3 Å². The highest BCUT2D eigenvalue weighted by molar-refractivity contribution is 5.96. The molecule has 0 atom stereocenters. The average molecular weight is 279 g/mol. The number of nitrogens with one attached hydrogen (secondary N) is 1. The molecule has 1 rings (SSSR count). The van der Waals surface area contributed by atoms with Crippen LogP contribution in [0.2, 0.25) is 0 Å². The van der Waals surface area contributed by atoms with Gasteiger partial charge in [0.05, 0.1) is 11.5 Å². The van der Waals surface area contributed by atoms with Gasteiger partial charge in [-0.2, -0.15) is 0 Å². The molecule has 8 nitrogen and oxygen atoms in total. The van der Waals surface area contributed by atoms with Crippen molar-refractivity contribution < 1.29 is 19.2 Å². The summed E-state index contributed by atoms with van der Waals surface area (Å²) >= 11 is 0. The summed E-state index contributed by atoms with van der Waals surface area (Å²) < 4.78 is 4.50. The van der Waals surface area contributed by atoms with Gasteiger partial charge >= 0.3 is 11.7 Å². The standard InChI is InChI=1S/C12H13N3O5/c1-2-20-12(17)9(15(18)19)10(13)14-11(16)8-6-4-3-5-7-8/h3-7H,2,13H2,1H3,(H,14,16)/b10-9-. The fourth-order valence-electron chi connectivity index (χ4n) is 1.33. The van der Waals surface area contributed by atoms with Gasteiger partial charge in [0.2, 0.25) is 0 Å². The third kappa shape index (κ3) is 3.80. The summed E-state index contributed by atoms with van der Waals surface area (Å²) in [4.78, 5) is 32.9. The van der Waals surface area contributed by atoms with Crippen molar-refractivity contribution >= 4 is 11.9 Å². The van der Waals surface area contributed by atoms with Gasteiger partial charge in [0.1, 0.15) is 0 Å². The van der Waals surface area contributed by atoms with Crippen molar-refractivity contribution in [3.8, 4) is 0 Å². The molecule has 0 bridgehead atoms. The minimum atomic E-state index is -1.21. The van der Waals surface area contributed by atoms with E-state index in [-0.39, 0.29) is 12.2 Å². The van der Waals surface area contributed by atoms with E-state index in [0.29, 0.717) is 0 Å². The van der Waals surface area contributed by atoms with E-state index in [2.05, 4.69) is 10.1 Å². The van der Waals surface area contributed by atoms with Gasteiger partial charge in [-0.25, -0.2) is 4.79 Å². The lowest BCUT2D eigenvalue weighted by molar-refractivity contribution is -0.422. The van der Waals surface area contributed by atoms with Crippen molar-refractivity contribution in [1.29, 1.82) is 0 Å². The number of nitrogens with two attached hydrogens (primary N) is 1. The van der Waals surface area contributed by atoms with Gasteiger partial charge in [-0.3, -0.25) is 14.9 Å². The lowest BCUT2D eigenvalue weighted by atomic mass is 10.2. The summed E-state index contributed by atoms with van der Waals surface area (Å²) in [6.07, 6.45) is 0. The molecule has 0 spiro atoms. The quantitative estimate of drug-likeness (QED) is 0.347. The van der Waals surface area contributed by atoms with Crippen LogP contribution in [0.5, 0.6) is 0 Å². The number of amides is 1. The van der Waals surface area contributed by atoms with Crippen molar-refractivity contribution in [2.45, 2.75) is 6.92 Å². The van der Waals surface area contributed by atoms with Gasteiger partial charge in [-0.15, -0.1) is 0 Å². The van der Waals surface area contributed by atoms with E-state index in [1.807, 2.05) is 0 Å². The first-order valence-corrected chi connectivity index (χ1v) is 5.65. The molecule has 0 fully saturated rings. The van der Waals surface area contributed by atoms with Gasteiger partial charge < -0.3 is 15.8 Å². The molecule has 0 aromatic heterocycles. The van der Waals surface area contributed by atoms with E-state index >= 15 is 0 Å². The second-order valence-corrected chi connectivity index (χ2v) is 3.56. The summed E-state index contributed by atoms with van der Waals surface area (Å²) in [6, 6.07) is 7.94.